The Hall–Kier alpha value is -1.68. The molecule has 0 atom stereocenters. The summed E-state index contributed by atoms with van der Waals surface area (Å²) < 4.78 is 2.22. The summed E-state index contributed by atoms with van der Waals surface area (Å²) in [6.45, 7) is 1.51. The first-order valence-electron chi connectivity index (χ1n) is 6.06. The molecule has 88 valence electrons. The lowest BCUT2D eigenvalue weighted by Gasteiger charge is -2.08. The first-order valence-corrected chi connectivity index (χ1v) is 6.06. The van der Waals surface area contributed by atoms with Crippen molar-refractivity contribution >= 4 is 0 Å². The van der Waals surface area contributed by atoms with Crippen LogP contribution in [0.1, 0.15) is 22.8 Å². The summed E-state index contributed by atoms with van der Waals surface area (Å²) in [5, 5.41) is 8.51. The van der Waals surface area contributed by atoms with Crippen LogP contribution in [-0.2, 0) is 25.8 Å². The van der Waals surface area contributed by atoms with Crippen molar-refractivity contribution in [3.63, 3.8) is 0 Å². The Balaban J connectivity index is 2.02. The van der Waals surface area contributed by atoms with Crippen LogP contribution in [-0.4, -0.2) is 21.3 Å². The quantitative estimate of drug-likeness (QED) is 0.831. The van der Waals surface area contributed by atoms with Crippen LogP contribution in [0, 0.1) is 0 Å². The first-order chi connectivity index (χ1) is 8.38. The summed E-state index contributed by atoms with van der Waals surface area (Å²) in [7, 11) is 0. The second-order valence-electron chi connectivity index (χ2n) is 4.43. The van der Waals surface area contributed by atoms with Crippen molar-refractivity contribution in [3.8, 4) is 0 Å². The molecule has 1 aromatic heterocycles. The standard InChI is InChI=1S/C13H16N4/c14-8-7-13-16-15-12-6-5-10-3-1-2-4-11(10)9-17(12)13/h1-4H,5-9,14H2. The van der Waals surface area contributed by atoms with Crippen LogP contribution in [0.3, 0.4) is 0 Å². The summed E-state index contributed by atoms with van der Waals surface area (Å²) in [5.41, 5.74) is 8.41. The van der Waals surface area contributed by atoms with Crippen molar-refractivity contribution in [2.45, 2.75) is 25.8 Å². The van der Waals surface area contributed by atoms with Gasteiger partial charge >= 0.3 is 0 Å². The molecule has 1 aliphatic heterocycles. The zero-order chi connectivity index (χ0) is 11.7. The van der Waals surface area contributed by atoms with Gasteiger partial charge in [0.05, 0.1) is 6.54 Å². The number of aromatic nitrogens is 3. The fraction of sp³-hybridized carbons (Fsp3) is 0.385. The van der Waals surface area contributed by atoms with Crippen LogP contribution in [0.5, 0.6) is 0 Å². The van der Waals surface area contributed by atoms with Gasteiger partial charge in [-0.25, -0.2) is 0 Å². The Morgan fingerprint density at radius 1 is 1.12 bits per heavy atom. The van der Waals surface area contributed by atoms with Crippen LogP contribution < -0.4 is 5.73 Å². The van der Waals surface area contributed by atoms with E-state index in [1.807, 2.05) is 0 Å². The fourth-order valence-electron chi connectivity index (χ4n) is 2.43. The number of hydrogen-bond donors (Lipinski definition) is 1. The Kier molecular flexibility index (Phi) is 2.65. The molecule has 0 radical (unpaired) electrons. The highest BCUT2D eigenvalue weighted by Crippen LogP contribution is 2.19. The average Bonchev–Trinajstić information content (AvgIpc) is 2.62. The summed E-state index contributed by atoms with van der Waals surface area (Å²) in [6, 6.07) is 8.59. The minimum Gasteiger partial charge on any atom is -0.330 e. The van der Waals surface area contributed by atoms with Gasteiger partial charge in [0.25, 0.3) is 0 Å². The molecule has 1 aromatic carbocycles. The third-order valence-electron chi connectivity index (χ3n) is 3.34. The van der Waals surface area contributed by atoms with Gasteiger partial charge in [-0.3, -0.25) is 0 Å². The lowest BCUT2D eigenvalue weighted by molar-refractivity contribution is 0.692. The molecule has 0 saturated heterocycles. The molecular formula is C13H16N4. The zero-order valence-electron chi connectivity index (χ0n) is 9.76. The number of hydrogen-bond acceptors (Lipinski definition) is 3. The third-order valence-corrected chi connectivity index (χ3v) is 3.34. The molecule has 17 heavy (non-hydrogen) atoms. The highest BCUT2D eigenvalue weighted by atomic mass is 15.3. The first kappa shape index (κ1) is 10.5. The fourth-order valence-corrected chi connectivity index (χ4v) is 2.43. The van der Waals surface area contributed by atoms with Crippen molar-refractivity contribution in [2.75, 3.05) is 6.54 Å². The maximum Gasteiger partial charge on any atom is 0.134 e. The minimum absolute atomic E-state index is 0.625. The number of nitrogens with two attached hydrogens (primary N) is 1. The highest BCUT2D eigenvalue weighted by molar-refractivity contribution is 5.30. The molecule has 1 aliphatic rings. The predicted octanol–water partition coefficient (Wildman–Crippen LogP) is 0.926. The second-order valence-corrected chi connectivity index (χ2v) is 4.43. The molecule has 0 fully saturated rings. The molecular weight excluding hydrogens is 212 g/mol. The number of benzene rings is 1. The molecule has 0 saturated carbocycles. The van der Waals surface area contributed by atoms with Crippen LogP contribution in [0.2, 0.25) is 0 Å². The van der Waals surface area contributed by atoms with Crippen LogP contribution >= 0.6 is 0 Å². The summed E-state index contributed by atoms with van der Waals surface area (Å²) >= 11 is 0. The van der Waals surface area contributed by atoms with Gasteiger partial charge in [-0.2, -0.15) is 0 Å². The molecule has 4 nitrogen and oxygen atoms in total. The summed E-state index contributed by atoms with van der Waals surface area (Å²) in [5.74, 6) is 2.10. The number of rotatable bonds is 2. The molecule has 0 spiro atoms. The maximum absolute atomic E-state index is 5.61. The van der Waals surface area contributed by atoms with Crippen molar-refractivity contribution < 1.29 is 0 Å². The highest BCUT2D eigenvalue weighted by Gasteiger charge is 2.17. The Bertz CT molecular complexity index is 530. The summed E-state index contributed by atoms with van der Waals surface area (Å²) in [4.78, 5) is 0. The lowest BCUT2D eigenvalue weighted by Crippen LogP contribution is -2.12. The molecule has 3 rings (SSSR count). The zero-order valence-corrected chi connectivity index (χ0v) is 9.76. The van der Waals surface area contributed by atoms with E-state index in [2.05, 4.69) is 39.0 Å². The van der Waals surface area contributed by atoms with Gasteiger partial charge < -0.3 is 10.3 Å². The van der Waals surface area contributed by atoms with Gasteiger partial charge in [-0.1, -0.05) is 24.3 Å². The largest absolute Gasteiger partial charge is 0.330 e. The third kappa shape index (κ3) is 1.85. The molecule has 0 bridgehead atoms. The van der Waals surface area contributed by atoms with E-state index in [0.717, 1.165) is 37.5 Å². The van der Waals surface area contributed by atoms with Crippen LogP contribution in [0.4, 0.5) is 0 Å². The van der Waals surface area contributed by atoms with E-state index in [1.54, 1.807) is 0 Å². The normalized spacial score (nSPS) is 13.9. The second kappa shape index (κ2) is 4.30. The number of fused-ring (bicyclic) bond motifs is 2. The van der Waals surface area contributed by atoms with Gasteiger partial charge in [0.15, 0.2) is 0 Å². The average molecular weight is 228 g/mol. The summed E-state index contributed by atoms with van der Waals surface area (Å²) in [6.07, 6.45) is 2.82. The molecule has 4 heteroatoms. The molecule has 0 amide bonds. The monoisotopic (exact) mass is 228 g/mol. The molecule has 0 aliphatic carbocycles. The van der Waals surface area contributed by atoms with Gasteiger partial charge in [0.1, 0.15) is 11.6 Å². The molecule has 2 aromatic rings. The molecule has 2 heterocycles. The van der Waals surface area contributed by atoms with Crippen molar-refractivity contribution in [1.82, 2.24) is 14.8 Å². The lowest BCUT2D eigenvalue weighted by atomic mass is 10.0. The van der Waals surface area contributed by atoms with Crippen molar-refractivity contribution in [1.29, 1.82) is 0 Å². The van der Waals surface area contributed by atoms with E-state index in [1.165, 1.54) is 11.1 Å². The van der Waals surface area contributed by atoms with E-state index in [0.29, 0.717) is 6.54 Å². The van der Waals surface area contributed by atoms with Gasteiger partial charge in [-0.15, -0.1) is 10.2 Å². The van der Waals surface area contributed by atoms with E-state index in [-0.39, 0.29) is 0 Å². The maximum atomic E-state index is 5.61. The Morgan fingerprint density at radius 2 is 1.94 bits per heavy atom. The van der Waals surface area contributed by atoms with E-state index in [4.69, 9.17) is 5.73 Å². The van der Waals surface area contributed by atoms with E-state index >= 15 is 0 Å². The van der Waals surface area contributed by atoms with Crippen molar-refractivity contribution in [2.24, 2.45) is 5.73 Å². The molecule has 0 unspecified atom stereocenters. The Labute approximate surface area is 100 Å². The topological polar surface area (TPSA) is 56.7 Å². The molecule has 2 N–H and O–H groups in total. The van der Waals surface area contributed by atoms with Crippen LogP contribution in [0.15, 0.2) is 24.3 Å². The van der Waals surface area contributed by atoms with E-state index < -0.39 is 0 Å². The number of nitrogens with zero attached hydrogens (tertiary/aromatic N) is 3. The van der Waals surface area contributed by atoms with E-state index in [9.17, 15) is 0 Å². The van der Waals surface area contributed by atoms with Crippen LogP contribution in [0.25, 0.3) is 0 Å². The van der Waals surface area contributed by atoms with Crippen molar-refractivity contribution in [3.05, 3.63) is 47.0 Å². The van der Waals surface area contributed by atoms with Gasteiger partial charge in [0, 0.05) is 12.8 Å². The predicted molar refractivity (Wildman–Crippen MR) is 65.7 cm³/mol. The SMILES string of the molecule is NCCc1nnc2n1Cc1ccccc1CC2. The minimum atomic E-state index is 0.625. The van der Waals surface area contributed by atoms with Gasteiger partial charge in [-0.05, 0) is 24.1 Å². The van der Waals surface area contributed by atoms with Gasteiger partial charge in [0.2, 0.25) is 0 Å². The number of aryl methyl sites for hydroxylation is 2. The Morgan fingerprint density at radius 3 is 2.76 bits per heavy atom. The smallest absolute Gasteiger partial charge is 0.134 e.